The molecule has 0 radical (unpaired) electrons. The number of benzene rings is 1. The Balaban J connectivity index is 1.61. The van der Waals surface area contributed by atoms with E-state index in [-0.39, 0.29) is 18.4 Å². The predicted molar refractivity (Wildman–Crippen MR) is 108 cm³/mol. The highest BCUT2D eigenvalue weighted by molar-refractivity contribution is 5.92. The van der Waals surface area contributed by atoms with Gasteiger partial charge in [0.25, 0.3) is 0 Å². The molecule has 2 heterocycles. The van der Waals surface area contributed by atoms with Crippen LogP contribution in [0, 0.1) is 13.8 Å². The predicted octanol–water partition coefficient (Wildman–Crippen LogP) is 2.24. The number of aliphatic hydroxyl groups is 1. The maximum Gasteiger partial charge on any atom is 0.228 e. The summed E-state index contributed by atoms with van der Waals surface area (Å²) >= 11 is 0. The summed E-state index contributed by atoms with van der Waals surface area (Å²) in [4.78, 5) is 14.8. The molecule has 0 aliphatic carbocycles. The minimum atomic E-state index is -0.224. The van der Waals surface area contributed by atoms with Crippen LogP contribution in [0.1, 0.15) is 35.9 Å². The van der Waals surface area contributed by atoms with E-state index in [4.69, 9.17) is 4.74 Å². The molecule has 1 aromatic carbocycles. The number of carbonyl (C=O) groups is 1. The first-order valence-corrected chi connectivity index (χ1v) is 9.86. The molecule has 1 amide bonds. The van der Waals surface area contributed by atoms with Gasteiger partial charge >= 0.3 is 0 Å². The summed E-state index contributed by atoms with van der Waals surface area (Å²) in [6, 6.07) is 7.90. The number of likely N-dealkylation sites (tertiary alicyclic amines) is 1. The molecule has 3 rings (SSSR count). The van der Waals surface area contributed by atoms with E-state index in [1.165, 1.54) is 0 Å². The molecule has 0 bridgehead atoms. The molecule has 7 nitrogen and oxygen atoms in total. The molecule has 28 heavy (non-hydrogen) atoms. The maximum atomic E-state index is 12.6. The lowest BCUT2D eigenvalue weighted by Gasteiger charge is -2.15. The van der Waals surface area contributed by atoms with Crippen molar-refractivity contribution in [3.05, 3.63) is 46.8 Å². The van der Waals surface area contributed by atoms with Gasteiger partial charge in [-0.25, -0.2) is 4.68 Å². The summed E-state index contributed by atoms with van der Waals surface area (Å²) in [6.07, 6.45) is 0.886. The smallest absolute Gasteiger partial charge is 0.228 e. The van der Waals surface area contributed by atoms with Crippen LogP contribution in [0.15, 0.2) is 24.3 Å². The number of aromatic nitrogens is 2. The monoisotopic (exact) mass is 386 g/mol. The number of hydrogen-bond acceptors (Lipinski definition) is 5. The van der Waals surface area contributed by atoms with Crippen LogP contribution in [-0.2, 0) is 29.2 Å². The van der Waals surface area contributed by atoms with Crippen molar-refractivity contribution >= 4 is 11.6 Å². The van der Waals surface area contributed by atoms with Gasteiger partial charge in [0.2, 0.25) is 5.91 Å². The van der Waals surface area contributed by atoms with Crippen molar-refractivity contribution in [3.63, 3.8) is 0 Å². The molecule has 2 N–H and O–H groups in total. The van der Waals surface area contributed by atoms with Crippen LogP contribution in [0.5, 0.6) is 0 Å². The molecule has 0 saturated carbocycles. The standard InChI is InChI=1S/C21H30N4O3/c1-4-28-14-25-16(3)20(15(2)23-25)11-21(27)22-18-7-5-6-17(10-18)12-24-9-8-19(26)13-24/h5-7,10,19,26H,4,8-9,11-14H2,1-3H3,(H,22,27). The molecule has 1 atom stereocenters. The first-order valence-electron chi connectivity index (χ1n) is 9.86. The van der Waals surface area contributed by atoms with Crippen molar-refractivity contribution < 1.29 is 14.6 Å². The Morgan fingerprint density at radius 1 is 1.39 bits per heavy atom. The number of hydrogen-bond donors (Lipinski definition) is 2. The van der Waals surface area contributed by atoms with Crippen molar-refractivity contribution in [1.82, 2.24) is 14.7 Å². The Kier molecular flexibility index (Phi) is 6.83. The lowest BCUT2D eigenvalue weighted by molar-refractivity contribution is -0.115. The molecule has 2 aromatic rings. The molecule has 1 saturated heterocycles. The lowest BCUT2D eigenvalue weighted by Crippen LogP contribution is -2.21. The Morgan fingerprint density at radius 2 is 2.21 bits per heavy atom. The van der Waals surface area contributed by atoms with Gasteiger partial charge in [-0.3, -0.25) is 9.69 Å². The summed E-state index contributed by atoms with van der Waals surface area (Å²) in [5.41, 5.74) is 4.68. The summed E-state index contributed by atoms with van der Waals surface area (Å²) in [5, 5.41) is 17.1. The van der Waals surface area contributed by atoms with Crippen LogP contribution in [0.4, 0.5) is 5.69 Å². The second kappa shape index (κ2) is 9.32. The average molecular weight is 386 g/mol. The van der Waals surface area contributed by atoms with Gasteiger partial charge in [0.15, 0.2) is 0 Å². The summed E-state index contributed by atoms with van der Waals surface area (Å²) in [7, 11) is 0. The Bertz CT molecular complexity index is 818. The van der Waals surface area contributed by atoms with Gasteiger partial charge in [-0.1, -0.05) is 12.1 Å². The van der Waals surface area contributed by atoms with Crippen molar-refractivity contribution in [3.8, 4) is 0 Å². The fraction of sp³-hybridized carbons (Fsp3) is 0.524. The fourth-order valence-corrected chi connectivity index (χ4v) is 3.62. The third-order valence-electron chi connectivity index (χ3n) is 5.15. The molecular formula is C21H30N4O3. The van der Waals surface area contributed by atoms with Gasteiger partial charge in [0.05, 0.1) is 18.2 Å². The maximum absolute atomic E-state index is 12.6. The highest BCUT2D eigenvalue weighted by atomic mass is 16.5. The van der Waals surface area contributed by atoms with Gasteiger partial charge in [0, 0.05) is 43.2 Å². The number of aryl methyl sites for hydroxylation is 1. The second-order valence-corrected chi connectivity index (χ2v) is 7.37. The van der Waals surface area contributed by atoms with Gasteiger partial charge in [0.1, 0.15) is 6.73 Å². The SMILES string of the molecule is CCOCn1nc(C)c(CC(=O)Nc2cccc(CN3CCC(O)C3)c2)c1C. The zero-order valence-corrected chi connectivity index (χ0v) is 16.9. The number of ether oxygens (including phenoxy) is 1. The zero-order valence-electron chi connectivity index (χ0n) is 16.9. The quantitative estimate of drug-likeness (QED) is 0.727. The minimum Gasteiger partial charge on any atom is -0.392 e. The molecule has 1 aliphatic rings. The number of amides is 1. The van der Waals surface area contributed by atoms with Crippen LogP contribution < -0.4 is 5.32 Å². The Morgan fingerprint density at radius 3 is 2.93 bits per heavy atom. The number of aliphatic hydroxyl groups excluding tert-OH is 1. The fourth-order valence-electron chi connectivity index (χ4n) is 3.62. The van der Waals surface area contributed by atoms with E-state index in [1.807, 2.05) is 45.0 Å². The third-order valence-corrected chi connectivity index (χ3v) is 5.15. The van der Waals surface area contributed by atoms with E-state index in [1.54, 1.807) is 4.68 Å². The van der Waals surface area contributed by atoms with E-state index < -0.39 is 0 Å². The Labute approximate surface area is 166 Å². The van der Waals surface area contributed by atoms with Crippen LogP contribution in [0.25, 0.3) is 0 Å². The number of anilines is 1. The van der Waals surface area contributed by atoms with Gasteiger partial charge < -0.3 is 15.2 Å². The van der Waals surface area contributed by atoms with E-state index in [0.717, 1.165) is 47.7 Å². The molecule has 0 spiro atoms. The topological polar surface area (TPSA) is 79.6 Å². The molecule has 1 fully saturated rings. The summed E-state index contributed by atoms with van der Waals surface area (Å²) in [5.74, 6) is -0.0593. The molecular weight excluding hydrogens is 356 g/mol. The van der Waals surface area contributed by atoms with Crippen molar-refractivity contribution in [2.24, 2.45) is 0 Å². The first-order chi connectivity index (χ1) is 13.5. The van der Waals surface area contributed by atoms with Crippen LogP contribution in [0.3, 0.4) is 0 Å². The molecule has 7 heteroatoms. The van der Waals surface area contributed by atoms with Gasteiger partial charge in [-0.05, 0) is 44.9 Å². The van der Waals surface area contributed by atoms with E-state index in [0.29, 0.717) is 19.9 Å². The molecule has 1 unspecified atom stereocenters. The van der Waals surface area contributed by atoms with Crippen LogP contribution in [-0.4, -0.2) is 51.5 Å². The highest BCUT2D eigenvalue weighted by Gasteiger charge is 2.20. The largest absolute Gasteiger partial charge is 0.392 e. The highest BCUT2D eigenvalue weighted by Crippen LogP contribution is 2.18. The van der Waals surface area contributed by atoms with Gasteiger partial charge in [-0.15, -0.1) is 0 Å². The Hall–Kier alpha value is -2.22. The normalized spacial score (nSPS) is 17.2. The van der Waals surface area contributed by atoms with Crippen LogP contribution in [0.2, 0.25) is 0 Å². The molecule has 152 valence electrons. The van der Waals surface area contributed by atoms with Crippen molar-refractivity contribution in [1.29, 1.82) is 0 Å². The zero-order chi connectivity index (χ0) is 20.1. The first kappa shape index (κ1) is 20.5. The second-order valence-electron chi connectivity index (χ2n) is 7.37. The lowest BCUT2D eigenvalue weighted by atomic mass is 10.1. The summed E-state index contributed by atoms with van der Waals surface area (Å²) in [6.45, 7) is 9.25. The number of rotatable bonds is 8. The number of carbonyl (C=O) groups excluding carboxylic acids is 1. The van der Waals surface area contributed by atoms with Crippen molar-refractivity contribution in [2.75, 3.05) is 25.0 Å². The van der Waals surface area contributed by atoms with E-state index in [2.05, 4.69) is 15.3 Å². The molecule has 1 aromatic heterocycles. The van der Waals surface area contributed by atoms with Gasteiger partial charge in [-0.2, -0.15) is 5.10 Å². The van der Waals surface area contributed by atoms with Crippen LogP contribution >= 0.6 is 0 Å². The number of nitrogens with one attached hydrogen (secondary N) is 1. The third kappa shape index (κ3) is 5.19. The summed E-state index contributed by atoms with van der Waals surface area (Å²) < 4.78 is 7.22. The number of β-amino-alcohol motifs (C(OH)–C–C–N with tert-alkyl or cyclic N) is 1. The minimum absolute atomic E-state index is 0.0593. The molecule has 1 aliphatic heterocycles. The van der Waals surface area contributed by atoms with Crippen molar-refractivity contribution in [2.45, 2.75) is 53.0 Å². The van der Waals surface area contributed by atoms with E-state index >= 15 is 0 Å². The number of nitrogens with zero attached hydrogens (tertiary/aromatic N) is 3. The average Bonchev–Trinajstić information content (AvgIpc) is 3.17. The van der Waals surface area contributed by atoms with E-state index in [9.17, 15) is 9.90 Å².